The number of fused-ring (bicyclic) bond motifs is 1. The zero-order valence-corrected chi connectivity index (χ0v) is 13.9. The zero-order valence-electron chi connectivity index (χ0n) is 13.9. The summed E-state index contributed by atoms with van der Waals surface area (Å²) in [6.07, 6.45) is 1.03. The van der Waals surface area contributed by atoms with E-state index >= 15 is 0 Å². The van der Waals surface area contributed by atoms with Crippen LogP contribution in [0.5, 0.6) is 11.5 Å². The Morgan fingerprint density at radius 2 is 1.88 bits per heavy atom. The quantitative estimate of drug-likeness (QED) is 0.866. The van der Waals surface area contributed by atoms with Crippen LogP contribution in [0, 0.1) is 0 Å². The van der Waals surface area contributed by atoms with Gasteiger partial charge < -0.3 is 19.5 Å². The van der Waals surface area contributed by atoms with E-state index in [0.717, 1.165) is 12.0 Å². The van der Waals surface area contributed by atoms with Gasteiger partial charge >= 0.3 is 5.97 Å². The minimum atomic E-state index is -0.445. The molecule has 0 unspecified atom stereocenters. The van der Waals surface area contributed by atoms with Gasteiger partial charge in [-0.1, -0.05) is 12.1 Å². The number of nitrogens with one attached hydrogen (secondary N) is 1. The third kappa shape index (κ3) is 4.29. The summed E-state index contributed by atoms with van der Waals surface area (Å²) in [5.41, 5.74) is 1.75. The summed E-state index contributed by atoms with van der Waals surface area (Å²) < 4.78 is 15.9. The number of ether oxygens (including phenoxy) is 3. The van der Waals surface area contributed by atoms with Crippen molar-refractivity contribution in [3.8, 4) is 11.5 Å². The molecule has 6 nitrogen and oxygen atoms in total. The monoisotopic (exact) mass is 341 g/mol. The molecule has 2 aromatic carbocycles. The van der Waals surface area contributed by atoms with Crippen molar-refractivity contribution in [1.29, 1.82) is 0 Å². The second-order valence-corrected chi connectivity index (χ2v) is 5.63. The minimum Gasteiger partial charge on any atom is -0.490 e. The van der Waals surface area contributed by atoms with Gasteiger partial charge in [-0.2, -0.15) is 0 Å². The molecule has 1 aliphatic rings. The van der Waals surface area contributed by atoms with Gasteiger partial charge in [0.25, 0.3) is 0 Å². The highest BCUT2D eigenvalue weighted by Gasteiger charge is 2.13. The minimum absolute atomic E-state index is 0.184. The Kier molecular flexibility index (Phi) is 5.18. The van der Waals surface area contributed by atoms with Crippen LogP contribution in [0.3, 0.4) is 0 Å². The molecule has 1 amide bonds. The number of anilines is 1. The van der Waals surface area contributed by atoms with Crippen molar-refractivity contribution in [3.63, 3.8) is 0 Å². The van der Waals surface area contributed by atoms with Gasteiger partial charge in [0.1, 0.15) is 0 Å². The maximum Gasteiger partial charge on any atom is 0.337 e. The van der Waals surface area contributed by atoms with Gasteiger partial charge in [0.05, 0.1) is 32.3 Å². The normalized spacial score (nSPS) is 12.8. The number of esters is 1. The highest BCUT2D eigenvalue weighted by atomic mass is 16.5. The molecule has 0 aliphatic carbocycles. The van der Waals surface area contributed by atoms with E-state index in [1.165, 1.54) is 7.11 Å². The maximum atomic E-state index is 12.3. The first kappa shape index (κ1) is 16.8. The summed E-state index contributed by atoms with van der Waals surface area (Å²) >= 11 is 0. The summed E-state index contributed by atoms with van der Waals surface area (Å²) in [7, 11) is 1.32. The van der Waals surface area contributed by atoms with Gasteiger partial charge in [-0.3, -0.25) is 4.79 Å². The van der Waals surface area contributed by atoms with Gasteiger partial charge in [0.15, 0.2) is 11.5 Å². The Morgan fingerprint density at radius 3 is 2.68 bits per heavy atom. The molecule has 1 aliphatic heterocycles. The highest BCUT2D eigenvalue weighted by molar-refractivity contribution is 5.95. The van der Waals surface area contributed by atoms with Crippen molar-refractivity contribution >= 4 is 17.6 Å². The van der Waals surface area contributed by atoms with Crippen molar-refractivity contribution in [2.75, 3.05) is 25.6 Å². The van der Waals surface area contributed by atoms with Crippen LogP contribution in [0.25, 0.3) is 0 Å². The van der Waals surface area contributed by atoms with E-state index in [-0.39, 0.29) is 12.3 Å². The van der Waals surface area contributed by atoms with Crippen molar-refractivity contribution in [2.24, 2.45) is 0 Å². The SMILES string of the molecule is COC(=O)c1cccc(NC(=O)Cc2ccc3c(c2)OCCCO3)c1. The lowest BCUT2D eigenvalue weighted by molar-refractivity contribution is -0.115. The number of hydrogen-bond donors (Lipinski definition) is 1. The molecule has 2 aromatic rings. The van der Waals surface area contributed by atoms with Gasteiger partial charge in [0.2, 0.25) is 5.91 Å². The first-order valence-electron chi connectivity index (χ1n) is 8.02. The lowest BCUT2D eigenvalue weighted by Gasteiger charge is -2.10. The fraction of sp³-hybridized carbons (Fsp3) is 0.263. The Bertz CT molecular complexity index is 787. The largest absolute Gasteiger partial charge is 0.490 e. The summed E-state index contributed by atoms with van der Waals surface area (Å²) in [6, 6.07) is 12.1. The van der Waals surface area contributed by atoms with Crippen LogP contribution in [0.15, 0.2) is 42.5 Å². The summed E-state index contributed by atoms with van der Waals surface area (Å²) in [6.45, 7) is 1.23. The zero-order chi connectivity index (χ0) is 17.6. The fourth-order valence-corrected chi connectivity index (χ4v) is 2.55. The van der Waals surface area contributed by atoms with Crippen molar-refractivity contribution in [1.82, 2.24) is 0 Å². The topological polar surface area (TPSA) is 73.9 Å². The summed E-state index contributed by atoms with van der Waals surface area (Å²) in [5.74, 6) is 0.735. The van der Waals surface area contributed by atoms with Crippen molar-refractivity contribution in [2.45, 2.75) is 12.8 Å². The predicted molar refractivity (Wildman–Crippen MR) is 92.2 cm³/mol. The molecule has 0 atom stereocenters. The maximum absolute atomic E-state index is 12.3. The molecule has 0 saturated carbocycles. The number of carbonyl (C=O) groups is 2. The Morgan fingerprint density at radius 1 is 1.08 bits per heavy atom. The van der Waals surface area contributed by atoms with Crippen LogP contribution in [0.2, 0.25) is 0 Å². The molecule has 6 heteroatoms. The molecule has 0 saturated heterocycles. The average Bonchev–Trinajstić information content (AvgIpc) is 2.86. The third-order valence-corrected chi connectivity index (χ3v) is 3.74. The molecule has 0 aromatic heterocycles. The molecule has 3 rings (SSSR count). The lowest BCUT2D eigenvalue weighted by Crippen LogP contribution is -2.15. The highest BCUT2D eigenvalue weighted by Crippen LogP contribution is 2.30. The van der Waals surface area contributed by atoms with E-state index in [4.69, 9.17) is 9.47 Å². The summed E-state index contributed by atoms with van der Waals surface area (Å²) in [4.78, 5) is 23.8. The number of carbonyl (C=O) groups excluding carboxylic acids is 2. The third-order valence-electron chi connectivity index (χ3n) is 3.74. The molecule has 0 radical (unpaired) electrons. The Balaban J connectivity index is 1.67. The van der Waals surface area contributed by atoms with Crippen LogP contribution in [-0.4, -0.2) is 32.2 Å². The first-order valence-corrected chi connectivity index (χ1v) is 8.02. The van der Waals surface area contributed by atoms with E-state index < -0.39 is 5.97 Å². The Hall–Kier alpha value is -3.02. The van der Waals surface area contributed by atoms with Crippen LogP contribution >= 0.6 is 0 Å². The second kappa shape index (κ2) is 7.70. The van der Waals surface area contributed by atoms with E-state index in [1.807, 2.05) is 18.2 Å². The van der Waals surface area contributed by atoms with Crippen molar-refractivity contribution in [3.05, 3.63) is 53.6 Å². The molecular weight excluding hydrogens is 322 g/mol. The van der Waals surface area contributed by atoms with E-state index in [1.54, 1.807) is 24.3 Å². The fourth-order valence-electron chi connectivity index (χ4n) is 2.55. The van der Waals surface area contributed by atoms with E-state index in [0.29, 0.717) is 36.0 Å². The standard InChI is InChI=1S/C19H19NO5/c1-23-19(22)14-4-2-5-15(12-14)20-18(21)11-13-6-7-16-17(10-13)25-9-3-8-24-16/h2,4-7,10,12H,3,8-9,11H2,1H3,(H,20,21). The van der Waals surface area contributed by atoms with Crippen molar-refractivity contribution < 1.29 is 23.8 Å². The second-order valence-electron chi connectivity index (χ2n) is 5.63. The average molecular weight is 341 g/mol. The van der Waals surface area contributed by atoms with Crippen LogP contribution in [0.4, 0.5) is 5.69 Å². The molecule has 0 fully saturated rings. The molecule has 25 heavy (non-hydrogen) atoms. The lowest BCUT2D eigenvalue weighted by atomic mass is 10.1. The van der Waals surface area contributed by atoms with Gasteiger partial charge in [0, 0.05) is 12.1 Å². The van der Waals surface area contributed by atoms with Crippen LogP contribution in [-0.2, 0) is 16.0 Å². The molecule has 130 valence electrons. The smallest absolute Gasteiger partial charge is 0.337 e. The number of methoxy groups -OCH3 is 1. The van der Waals surface area contributed by atoms with Gasteiger partial charge in [-0.05, 0) is 35.9 Å². The number of hydrogen-bond acceptors (Lipinski definition) is 5. The Labute approximate surface area is 145 Å². The molecule has 1 heterocycles. The van der Waals surface area contributed by atoms with E-state index in [2.05, 4.69) is 10.1 Å². The predicted octanol–water partition coefficient (Wildman–Crippen LogP) is 2.82. The number of amides is 1. The van der Waals surface area contributed by atoms with E-state index in [9.17, 15) is 9.59 Å². The number of benzene rings is 2. The molecule has 1 N–H and O–H groups in total. The first-order chi connectivity index (χ1) is 12.2. The summed E-state index contributed by atoms with van der Waals surface area (Å²) in [5, 5.41) is 2.78. The van der Waals surface area contributed by atoms with Gasteiger partial charge in [-0.25, -0.2) is 4.79 Å². The van der Waals surface area contributed by atoms with Crippen LogP contribution < -0.4 is 14.8 Å². The molecular formula is C19H19NO5. The van der Waals surface area contributed by atoms with Gasteiger partial charge in [-0.15, -0.1) is 0 Å². The number of rotatable bonds is 4. The molecule has 0 bridgehead atoms. The van der Waals surface area contributed by atoms with Crippen LogP contribution in [0.1, 0.15) is 22.3 Å². The molecule has 0 spiro atoms.